The van der Waals surface area contributed by atoms with Gasteiger partial charge in [-0.05, 0) is 42.0 Å². The second-order valence-corrected chi connectivity index (χ2v) is 5.05. The summed E-state index contributed by atoms with van der Waals surface area (Å²) in [6, 6.07) is 14.3. The van der Waals surface area contributed by atoms with Crippen molar-refractivity contribution in [1.29, 1.82) is 0 Å². The maximum Gasteiger partial charge on any atom is 0.322 e. The molecule has 6 heteroatoms. The third-order valence-corrected chi connectivity index (χ3v) is 3.31. The van der Waals surface area contributed by atoms with E-state index in [1.54, 1.807) is 31.4 Å². The predicted molar refractivity (Wildman–Crippen MR) is 88.6 cm³/mol. The van der Waals surface area contributed by atoms with E-state index in [1.807, 2.05) is 24.3 Å². The van der Waals surface area contributed by atoms with Crippen LogP contribution < -0.4 is 14.8 Å². The molecule has 0 saturated carbocycles. The lowest BCUT2D eigenvalue weighted by molar-refractivity contribution is -0.135. The Hall–Kier alpha value is -3.02. The molecule has 2 aromatic rings. The molecule has 1 amide bonds. The molecule has 0 aromatic heterocycles. The largest absolute Gasteiger partial charge is 0.497 e. The van der Waals surface area contributed by atoms with Crippen LogP contribution in [0, 0.1) is 0 Å². The second kappa shape index (κ2) is 8.57. The molecule has 2 rings (SSSR count). The summed E-state index contributed by atoms with van der Waals surface area (Å²) in [5.74, 6) is -0.0573. The average Bonchev–Trinajstić information content (AvgIpc) is 2.60. The van der Waals surface area contributed by atoms with Gasteiger partial charge in [-0.15, -0.1) is 0 Å². The van der Waals surface area contributed by atoms with Gasteiger partial charge in [0.15, 0.2) is 0 Å². The minimum Gasteiger partial charge on any atom is -0.497 e. The fourth-order valence-corrected chi connectivity index (χ4v) is 2.08. The molecule has 6 nitrogen and oxygen atoms in total. The van der Waals surface area contributed by atoms with Crippen molar-refractivity contribution in [3.63, 3.8) is 0 Å². The van der Waals surface area contributed by atoms with Gasteiger partial charge >= 0.3 is 5.97 Å². The first-order valence-electron chi connectivity index (χ1n) is 7.44. The van der Waals surface area contributed by atoms with Crippen LogP contribution in [0.3, 0.4) is 0 Å². The predicted octanol–water partition coefficient (Wildman–Crippen LogP) is 2.13. The van der Waals surface area contributed by atoms with Crippen LogP contribution in [0.25, 0.3) is 0 Å². The number of carbonyl (C=O) groups is 2. The summed E-state index contributed by atoms with van der Waals surface area (Å²) in [6.07, 6.45) is 0.734. The van der Waals surface area contributed by atoms with Crippen LogP contribution in [-0.4, -0.2) is 37.2 Å². The summed E-state index contributed by atoms with van der Waals surface area (Å²) in [4.78, 5) is 22.1. The topological polar surface area (TPSA) is 84.9 Å². The van der Waals surface area contributed by atoms with Crippen LogP contribution in [0.2, 0.25) is 0 Å². The molecule has 0 bridgehead atoms. The first kappa shape index (κ1) is 17.3. The number of carboxylic acids is 1. The average molecular weight is 329 g/mol. The van der Waals surface area contributed by atoms with Crippen molar-refractivity contribution in [1.82, 2.24) is 5.32 Å². The summed E-state index contributed by atoms with van der Waals surface area (Å²) >= 11 is 0. The summed E-state index contributed by atoms with van der Waals surface area (Å²) in [5, 5.41) is 10.8. The third-order valence-electron chi connectivity index (χ3n) is 3.31. The first-order valence-corrected chi connectivity index (χ1v) is 7.44. The van der Waals surface area contributed by atoms with Gasteiger partial charge in [0.2, 0.25) is 0 Å². The maximum absolute atomic E-state index is 11.7. The van der Waals surface area contributed by atoms with Gasteiger partial charge in [0.05, 0.1) is 13.7 Å². The highest BCUT2D eigenvalue weighted by molar-refractivity contribution is 5.95. The smallest absolute Gasteiger partial charge is 0.322 e. The minimum absolute atomic E-state index is 0.386. The lowest BCUT2D eigenvalue weighted by Crippen LogP contribution is -2.29. The van der Waals surface area contributed by atoms with Crippen LogP contribution in [0.1, 0.15) is 15.9 Å². The molecule has 24 heavy (non-hydrogen) atoms. The molecule has 126 valence electrons. The molecule has 0 aliphatic heterocycles. The molecule has 0 spiro atoms. The highest BCUT2D eigenvalue weighted by atomic mass is 16.5. The van der Waals surface area contributed by atoms with E-state index in [-0.39, 0.29) is 0 Å². The Kier molecular flexibility index (Phi) is 6.19. The van der Waals surface area contributed by atoms with Crippen LogP contribution in [0.5, 0.6) is 11.5 Å². The van der Waals surface area contributed by atoms with Crippen molar-refractivity contribution < 1.29 is 24.2 Å². The number of methoxy groups -OCH3 is 1. The number of ether oxygens (including phenoxy) is 2. The highest BCUT2D eigenvalue weighted by Crippen LogP contribution is 2.15. The number of rotatable bonds is 8. The SMILES string of the molecule is COc1cccc(CCOc2ccc(C(=O)NCC(=O)O)cc2)c1. The number of carbonyl (C=O) groups excluding carboxylic acids is 1. The number of hydrogen-bond acceptors (Lipinski definition) is 4. The molecule has 0 aliphatic carbocycles. The molecular formula is C18H19NO5. The zero-order valence-corrected chi connectivity index (χ0v) is 13.3. The second-order valence-electron chi connectivity index (χ2n) is 5.05. The Labute approximate surface area is 140 Å². The molecular weight excluding hydrogens is 310 g/mol. The van der Waals surface area contributed by atoms with E-state index < -0.39 is 18.4 Å². The molecule has 0 saturated heterocycles. The van der Waals surface area contributed by atoms with Gasteiger partial charge in [-0.2, -0.15) is 0 Å². The molecule has 0 fully saturated rings. The zero-order chi connectivity index (χ0) is 17.4. The molecule has 2 N–H and O–H groups in total. The summed E-state index contributed by atoms with van der Waals surface area (Å²) in [7, 11) is 1.63. The Bertz CT molecular complexity index is 697. The van der Waals surface area contributed by atoms with E-state index >= 15 is 0 Å². The van der Waals surface area contributed by atoms with E-state index in [9.17, 15) is 9.59 Å². The molecule has 0 heterocycles. The number of hydrogen-bond donors (Lipinski definition) is 2. The fraction of sp³-hybridized carbons (Fsp3) is 0.222. The summed E-state index contributed by atoms with van der Waals surface area (Å²) < 4.78 is 10.8. The molecule has 0 unspecified atom stereocenters. The highest BCUT2D eigenvalue weighted by Gasteiger charge is 2.07. The van der Waals surface area contributed by atoms with Gasteiger partial charge in [0.25, 0.3) is 5.91 Å². The lowest BCUT2D eigenvalue weighted by atomic mass is 10.1. The van der Waals surface area contributed by atoms with Gasteiger partial charge < -0.3 is 19.9 Å². The lowest BCUT2D eigenvalue weighted by Gasteiger charge is -2.08. The number of nitrogens with one attached hydrogen (secondary N) is 1. The molecule has 0 radical (unpaired) electrons. The standard InChI is InChI=1S/C18H19NO5/c1-23-16-4-2-3-13(11-16)9-10-24-15-7-5-14(6-8-15)18(22)19-12-17(20)21/h2-8,11H,9-10,12H2,1H3,(H,19,22)(H,20,21). The Morgan fingerprint density at radius 2 is 1.83 bits per heavy atom. The van der Waals surface area contributed by atoms with E-state index in [0.29, 0.717) is 17.9 Å². The number of aliphatic carboxylic acids is 1. The van der Waals surface area contributed by atoms with Crippen LogP contribution in [-0.2, 0) is 11.2 Å². The first-order chi connectivity index (χ1) is 11.6. The van der Waals surface area contributed by atoms with Crippen molar-refractivity contribution >= 4 is 11.9 Å². The number of amides is 1. The maximum atomic E-state index is 11.7. The summed E-state index contributed by atoms with van der Waals surface area (Å²) in [5.41, 5.74) is 1.50. The third kappa shape index (κ3) is 5.31. The van der Waals surface area contributed by atoms with Crippen LogP contribution in [0.4, 0.5) is 0 Å². The molecule has 2 aromatic carbocycles. The minimum atomic E-state index is -1.08. The van der Waals surface area contributed by atoms with Crippen molar-refractivity contribution in [2.45, 2.75) is 6.42 Å². The Balaban J connectivity index is 1.83. The van der Waals surface area contributed by atoms with Gasteiger partial charge in [0.1, 0.15) is 18.0 Å². The van der Waals surface area contributed by atoms with E-state index in [2.05, 4.69) is 5.32 Å². The Morgan fingerprint density at radius 1 is 1.08 bits per heavy atom. The van der Waals surface area contributed by atoms with Crippen molar-refractivity contribution in [2.24, 2.45) is 0 Å². The number of carboxylic acid groups (broad SMARTS) is 1. The Morgan fingerprint density at radius 3 is 2.50 bits per heavy atom. The van der Waals surface area contributed by atoms with Gasteiger partial charge in [-0.3, -0.25) is 9.59 Å². The van der Waals surface area contributed by atoms with Crippen LogP contribution in [0.15, 0.2) is 48.5 Å². The van der Waals surface area contributed by atoms with E-state index in [4.69, 9.17) is 14.6 Å². The van der Waals surface area contributed by atoms with E-state index in [0.717, 1.165) is 17.7 Å². The fourth-order valence-electron chi connectivity index (χ4n) is 2.08. The van der Waals surface area contributed by atoms with Gasteiger partial charge in [0, 0.05) is 12.0 Å². The monoisotopic (exact) mass is 329 g/mol. The van der Waals surface area contributed by atoms with Crippen molar-refractivity contribution in [2.75, 3.05) is 20.3 Å². The number of benzene rings is 2. The molecule has 0 aliphatic rings. The van der Waals surface area contributed by atoms with Crippen molar-refractivity contribution in [3.8, 4) is 11.5 Å². The van der Waals surface area contributed by atoms with Crippen LogP contribution >= 0.6 is 0 Å². The van der Waals surface area contributed by atoms with Gasteiger partial charge in [-0.25, -0.2) is 0 Å². The van der Waals surface area contributed by atoms with E-state index in [1.165, 1.54) is 0 Å². The normalized spacial score (nSPS) is 10.0. The summed E-state index contributed by atoms with van der Waals surface area (Å²) in [6.45, 7) is 0.0926. The molecule has 0 atom stereocenters. The zero-order valence-electron chi connectivity index (χ0n) is 13.3. The van der Waals surface area contributed by atoms with Gasteiger partial charge in [-0.1, -0.05) is 12.1 Å². The van der Waals surface area contributed by atoms with Crippen molar-refractivity contribution in [3.05, 3.63) is 59.7 Å². The quantitative estimate of drug-likeness (QED) is 0.775.